The van der Waals surface area contributed by atoms with Crippen LogP contribution in [0.25, 0.3) is 0 Å². The lowest BCUT2D eigenvalue weighted by atomic mass is 9.95. The van der Waals surface area contributed by atoms with Gasteiger partial charge < -0.3 is 5.73 Å². The van der Waals surface area contributed by atoms with Gasteiger partial charge in [0.05, 0.1) is 5.69 Å². The van der Waals surface area contributed by atoms with Crippen LogP contribution in [0.2, 0.25) is 0 Å². The number of halogens is 2. The zero-order chi connectivity index (χ0) is 12.5. The first-order valence-electron chi connectivity index (χ1n) is 6.03. The molecular formula is C13H18F2N2. The third-order valence-corrected chi connectivity index (χ3v) is 3.49. The smallest absolute Gasteiger partial charge is 0.248 e. The van der Waals surface area contributed by atoms with Gasteiger partial charge >= 0.3 is 0 Å². The molecule has 1 saturated carbocycles. The van der Waals surface area contributed by atoms with E-state index in [-0.39, 0.29) is 24.8 Å². The molecule has 2 N–H and O–H groups in total. The number of alkyl halides is 2. The second-order valence-corrected chi connectivity index (χ2v) is 5.01. The highest BCUT2D eigenvalue weighted by molar-refractivity contribution is 5.20. The minimum Gasteiger partial charge on any atom is -0.323 e. The Morgan fingerprint density at radius 3 is 2.94 bits per heavy atom. The van der Waals surface area contributed by atoms with Gasteiger partial charge in [-0.15, -0.1) is 0 Å². The lowest BCUT2D eigenvalue weighted by Crippen LogP contribution is -2.18. The fraction of sp³-hybridized carbons (Fsp3) is 0.615. The highest BCUT2D eigenvalue weighted by atomic mass is 19.3. The van der Waals surface area contributed by atoms with Crippen molar-refractivity contribution in [3.05, 3.63) is 29.6 Å². The molecule has 2 rings (SSSR count). The second-order valence-electron chi connectivity index (χ2n) is 5.01. The molecular weight excluding hydrogens is 222 g/mol. The molecule has 1 aliphatic carbocycles. The van der Waals surface area contributed by atoms with E-state index in [0.29, 0.717) is 12.8 Å². The van der Waals surface area contributed by atoms with Crippen molar-refractivity contribution in [3.63, 3.8) is 0 Å². The number of pyridine rings is 1. The van der Waals surface area contributed by atoms with Crippen molar-refractivity contribution in [1.82, 2.24) is 4.98 Å². The van der Waals surface area contributed by atoms with Gasteiger partial charge in [0.1, 0.15) is 0 Å². The summed E-state index contributed by atoms with van der Waals surface area (Å²) in [5, 5.41) is 0. The topological polar surface area (TPSA) is 38.9 Å². The number of hydrogen-bond donors (Lipinski definition) is 1. The summed E-state index contributed by atoms with van der Waals surface area (Å²) >= 11 is 0. The molecule has 4 heteroatoms. The van der Waals surface area contributed by atoms with Crippen LogP contribution in [0.4, 0.5) is 8.78 Å². The minimum atomic E-state index is -2.48. The van der Waals surface area contributed by atoms with Gasteiger partial charge in [-0.2, -0.15) is 0 Å². The van der Waals surface area contributed by atoms with Crippen molar-refractivity contribution < 1.29 is 8.78 Å². The summed E-state index contributed by atoms with van der Waals surface area (Å²) in [6.07, 6.45) is 2.86. The van der Waals surface area contributed by atoms with Crippen molar-refractivity contribution in [2.45, 2.75) is 44.6 Å². The van der Waals surface area contributed by atoms with E-state index in [0.717, 1.165) is 11.3 Å². The minimum absolute atomic E-state index is 0.00554. The first kappa shape index (κ1) is 12.4. The summed E-state index contributed by atoms with van der Waals surface area (Å²) in [6.45, 7) is 1.95. The number of aryl methyl sites for hydroxylation is 1. The summed E-state index contributed by atoms with van der Waals surface area (Å²) in [5.41, 5.74) is 7.92. The molecule has 0 aliphatic heterocycles. The molecule has 1 aromatic rings. The van der Waals surface area contributed by atoms with E-state index in [1.165, 1.54) is 0 Å². The lowest BCUT2D eigenvalue weighted by molar-refractivity contribution is 0.00445. The molecule has 1 fully saturated rings. The molecule has 2 nitrogen and oxygen atoms in total. The van der Waals surface area contributed by atoms with Gasteiger partial charge in [-0.05, 0) is 37.3 Å². The van der Waals surface area contributed by atoms with Gasteiger partial charge in [0.25, 0.3) is 0 Å². The summed E-state index contributed by atoms with van der Waals surface area (Å²) in [4.78, 5) is 4.24. The fourth-order valence-electron chi connectivity index (χ4n) is 2.60. The maximum atomic E-state index is 13.1. The fourth-order valence-corrected chi connectivity index (χ4v) is 2.60. The Bertz CT molecular complexity index is 393. The van der Waals surface area contributed by atoms with E-state index < -0.39 is 5.92 Å². The summed E-state index contributed by atoms with van der Waals surface area (Å²) in [6, 6.07) is 3.58. The van der Waals surface area contributed by atoms with Crippen LogP contribution in [0, 0.1) is 12.8 Å². The third kappa shape index (κ3) is 3.00. The summed E-state index contributed by atoms with van der Waals surface area (Å²) in [7, 11) is 0. The highest BCUT2D eigenvalue weighted by Gasteiger charge is 2.39. The van der Waals surface area contributed by atoms with E-state index in [1.807, 2.05) is 19.1 Å². The van der Waals surface area contributed by atoms with Crippen molar-refractivity contribution in [2.75, 3.05) is 0 Å². The van der Waals surface area contributed by atoms with Crippen molar-refractivity contribution in [3.8, 4) is 0 Å². The summed E-state index contributed by atoms with van der Waals surface area (Å²) < 4.78 is 26.1. The Labute approximate surface area is 100 Å². The number of aromatic nitrogens is 1. The molecule has 0 bridgehead atoms. The van der Waals surface area contributed by atoms with E-state index >= 15 is 0 Å². The molecule has 1 aromatic heterocycles. The Morgan fingerprint density at radius 2 is 2.35 bits per heavy atom. The highest BCUT2D eigenvalue weighted by Crippen LogP contribution is 2.42. The van der Waals surface area contributed by atoms with Gasteiger partial charge in [0.2, 0.25) is 5.92 Å². The van der Waals surface area contributed by atoms with Gasteiger partial charge in [-0.3, -0.25) is 4.98 Å². The number of nitrogens with zero attached hydrogens (tertiary/aromatic N) is 1. The quantitative estimate of drug-likeness (QED) is 0.881. The van der Waals surface area contributed by atoms with Gasteiger partial charge in [-0.25, -0.2) is 8.78 Å². The van der Waals surface area contributed by atoms with E-state index in [2.05, 4.69) is 4.98 Å². The first-order valence-corrected chi connectivity index (χ1v) is 6.03. The van der Waals surface area contributed by atoms with Crippen LogP contribution in [0.15, 0.2) is 18.3 Å². The SMILES string of the molecule is Cc1cccnc1C(N)CC1CCC(F)(F)C1. The molecule has 0 radical (unpaired) electrons. The van der Waals surface area contributed by atoms with E-state index in [1.54, 1.807) is 6.20 Å². The van der Waals surface area contributed by atoms with Crippen LogP contribution < -0.4 is 5.73 Å². The lowest BCUT2D eigenvalue weighted by Gasteiger charge is -2.17. The molecule has 1 heterocycles. The molecule has 1 aliphatic rings. The van der Waals surface area contributed by atoms with Crippen LogP contribution in [0.5, 0.6) is 0 Å². The maximum absolute atomic E-state index is 13.1. The van der Waals surface area contributed by atoms with Gasteiger partial charge in [-0.1, -0.05) is 6.07 Å². The zero-order valence-corrected chi connectivity index (χ0v) is 10.00. The standard InChI is InChI=1S/C13H18F2N2/c1-9-3-2-6-17-12(9)11(16)7-10-4-5-13(14,15)8-10/h2-3,6,10-11H,4-5,7-8,16H2,1H3. The first-order chi connectivity index (χ1) is 7.98. The number of rotatable bonds is 3. The number of nitrogens with two attached hydrogens (primary N) is 1. The Morgan fingerprint density at radius 1 is 1.59 bits per heavy atom. The molecule has 0 spiro atoms. The predicted molar refractivity (Wildman–Crippen MR) is 62.8 cm³/mol. The molecule has 94 valence electrons. The average Bonchev–Trinajstić information content (AvgIpc) is 2.58. The van der Waals surface area contributed by atoms with Gasteiger partial charge in [0, 0.05) is 25.1 Å². The molecule has 2 unspecified atom stereocenters. The van der Waals surface area contributed by atoms with Crippen LogP contribution in [-0.4, -0.2) is 10.9 Å². The molecule has 0 aromatic carbocycles. The Kier molecular flexibility index (Phi) is 3.43. The zero-order valence-electron chi connectivity index (χ0n) is 10.00. The molecule has 0 amide bonds. The monoisotopic (exact) mass is 240 g/mol. The van der Waals surface area contributed by atoms with Crippen LogP contribution in [0.3, 0.4) is 0 Å². The summed E-state index contributed by atoms with van der Waals surface area (Å²) in [5.74, 6) is -2.45. The van der Waals surface area contributed by atoms with Crippen LogP contribution in [-0.2, 0) is 0 Å². The van der Waals surface area contributed by atoms with Crippen molar-refractivity contribution in [1.29, 1.82) is 0 Å². The average molecular weight is 240 g/mol. The Balaban J connectivity index is 1.99. The van der Waals surface area contributed by atoms with Crippen LogP contribution >= 0.6 is 0 Å². The molecule has 2 atom stereocenters. The molecule has 0 saturated heterocycles. The normalized spacial score (nSPS) is 24.8. The Hall–Kier alpha value is -1.03. The second kappa shape index (κ2) is 4.69. The number of hydrogen-bond acceptors (Lipinski definition) is 2. The predicted octanol–water partition coefficient (Wildman–Crippen LogP) is 3.22. The van der Waals surface area contributed by atoms with Crippen LogP contribution in [0.1, 0.15) is 43.0 Å². The van der Waals surface area contributed by atoms with E-state index in [9.17, 15) is 8.78 Å². The van der Waals surface area contributed by atoms with Crippen molar-refractivity contribution in [2.24, 2.45) is 11.7 Å². The van der Waals surface area contributed by atoms with E-state index in [4.69, 9.17) is 5.73 Å². The largest absolute Gasteiger partial charge is 0.323 e. The maximum Gasteiger partial charge on any atom is 0.248 e. The molecule has 17 heavy (non-hydrogen) atoms. The van der Waals surface area contributed by atoms with Crippen molar-refractivity contribution >= 4 is 0 Å². The third-order valence-electron chi connectivity index (χ3n) is 3.49. The van der Waals surface area contributed by atoms with Gasteiger partial charge in [0.15, 0.2) is 0 Å².